The van der Waals surface area contributed by atoms with Gasteiger partial charge in [-0.3, -0.25) is 0 Å². The van der Waals surface area contributed by atoms with Crippen LogP contribution in [-0.4, -0.2) is 24.7 Å². The van der Waals surface area contributed by atoms with Gasteiger partial charge in [0, 0.05) is 17.8 Å². The maximum absolute atomic E-state index is 5.77. The molecule has 0 saturated carbocycles. The Balaban J connectivity index is 2.23. The van der Waals surface area contributed by atoms with Gasteiger partial charge in [0.1, 0.15) is 0 Å². The van der Waals surface area contributed by atoms with Gasteiger partial charge in [-0.15, -0.1) is 11.3 Å². The Morgan fingerprint density at radius 1 is 1.64 bits per heavy atom. The molecule has 0 radical (unpaired) electrons. The molecule has 3 nitrogen and oxygen atoms in total. The molecular formula is C10H16N2OS. The molecule has 1 aliphatic rings. The van der Waals surface area contributed by atoms with E-state index in [1.165, 1.54) is 5.01 Å². The van der Waals surface area contributed by atoms with Crippen LogP contribution in [0.5, 0.6) is 0 Å². The van der Waals surface area contributed by atoms with Crippen molar-refractivity contribution < 1.29 is 4.74 Å². The molecule has 1 fully saturated rings. The minimum Gasteiger partial charge on any atom is -0.379 e. The van der Waals surface area contributed by atoms with Crippen molar-refractivity contribution in [2.45, 2.75) is 25.2 Å². The first-order valence-electron chi connectivity index (χ1n) is 4.92. The Hall–Kier alpha value is -0.450. The lowest BCUT2D eigenvalue weighted by atomic mass is 9.83. The smallest absolute Gasteiger partial charge is 0.0953 e. The summed E-state index contributed by atoms with van der Waals surface area (Å²) in [4.78, 5) is 4.63. The van der Waals surface area contributed by atoms with E-state index in [1.54, 1.807) is 11.3 Å². The van der Waals surface area contributed by atoms with E-state index in [1.807, 2.05) is 0 Å². The van der Waals surface area contributed by atoms with Crippen LogP contribution in [0.1, 0.15) is 30.5 Å². The van der Waals surface area contributed by atoms with Gasteiger partial charge in [-0.25, -0.2) is 4.98 Å². The van der Waals surface area contributed by atoms with Crippen molar-refractivity contribution in [1.29, 1.82) is 0 Å². The average Bonchev–Trinajstić information content (AvgIpc) is 2.52. The van der Waals surface area contributed by atoms with Gasteiger partial charge in [-0.1, -0.05) is 13.8 Å². The van der Waals surface area contributed by atoms with E-state index in [0.29, 0.717) is 12.5 Å². The van der Waals surface area contributed by atoms with Gasteiger partial charge < -0.3 is 10.5 Å². The largest absolute Gasteiger partial charge is 0.379 e. The number of ether oxygens (including phenoxy) is 1. The molecule has 0 atom stereocenters. The molecule has 14 heavy (non-hydrogen) atoms. The molecule has 0 bridgehead atoms. The molecule has 2 heterocycles. The topological polar surface area (TPSA) is 48.1 Å². The van der Waals surface area contributed by atoms with Crippen molar-refractivity contribution in [3.8, 4) is 0 Å². The predicted molar refractivity (Wildman–Crippen MR) is 57.8 cm³/mol. The summed E-state index contributed by atoms with van der Waals surface area (Å²) in [5, 5.41) is 3.32. The van der Waals surface area contributed by atoms with Crippen LogP contribution in [-0.2, 0) is 10.2 Å². The molecule has 1 aromatic rings. The van der Waals surface area contributed by atoms with E-state index in [-0.39, 0.29) is 5.41 Å². The minimum atomic E-state index is 0.0175. The number of hydrogen-bond acceptors (Lipinski definition) is 4. The highest BCUT2D eigenvalue weighted by Crippen LogP contribution is 2.33. The van der Waals surface area contributed by atoms with Crippen molar-refractivity contribution in [3.63, 3.8) is 0 Å². The zero-order valence-corrected chi connectivity index (χ0v) is 9.43. The van der Waals surface area contributed by atoms with E-state index < -0.39 is 0 Å². The fourth-order valence-electron chi connectivity index (χ4n) is 1.52. The third-order valence-electron chi connectivity index (χ3n) is 2.71. The van der Waals surface area contributed by atoms with Crippen LogP contribution >= 0.6 is 11.3 Å². The highest BCUT2D eigenvalue weighted by molar-refractivity contribution is 7.09. The van der Waals surface area contributed by atoms with Gasteiger partial charge in [0.15, 0.2) is 0 Å². The Morgan fingerprint density at radius 2 is 2.36 bits per heavy atom. The lowest BCUT2D eigenvalue weighted by Crippen LogP contribution is -2.52. The van der Waals surface area contributed by atoms with Crippen LogP contribution in [0, 0.1) is 0 Å². The summed E-state index contributed by atoms with van der Waals surface area (Å²) in [7, 11) is 0. The highest BCUT2D eigenvalue weighted by Gasteiger charge is 2.41. The molecular weight excluding hydrogens is 196 g/mol. The van der Waals surface area contributed by atoms with Crippen LogP contribution < -0.4 is 5.73 Å². The molecule has 0 spiro atoms. The van der Waals surface area contributed by atoms with Crippen LogP contribution in [0.2, 0.25) is 0 Å². The van der Waals surface area contributed by atoms with E-state index >= 15 is 0 Å². The Kier molecular flexibility index (Phi) is 2.60. The Morgan fingerprint density at radius 3 is 2.71 bits per heavy atom. The van der Waals surface area contributed by atoms with Crippen LogP contribution in [0.25, 0.3) is 0 Å². The fourth-order valence-corrected chi connectivity index (χ4v) is 2.47. The Labute approximate surface area is 88.3 Å². The van der Waals surface area contributed by atoms with E-state index in [2.05, 4.69) is 24.2 Å². The van der Waals surface area contributed by atoms with Crippen LogP contribution in [0.3, 0.4) is 0 Å². The van der Waals surface area contributed by atoms with Crippen LogP contribution in [0.15, 0.2) is 5.38 Å². The quantitative estimate of drug-likeness (QED) is 0.826. The summed E-state index contributed by atoms with van der Waals surface area (Å²) in [5.41, 5.74) is 6.91. The standard InChI is InChI=1S/C10H16N2OS/c1-7(2)9-12-8(3-14-9)10(4-11)5-13-6-10/h3,7H,4-6,11H2,1-2H3. The normalized spacial score (nSPS) is 19.7. The monoisotopic (exact) mass is 212 g/mol. The van der Waals surface area contributed by atoms with E-state index in [4.69, 9.17) is 10.5 Å². The van der Waals surface area contributed by atoms with Crippen LogP contribution in [0.4, 0.5) is 0 Å². The first-order chi connectivity index (χ1) is 6.68. The van der Waals surface area contributed by atoms with Crippen molar-refractivity contribution >= 4 is 11.3 Å². The van der Waals surface area contributed by atoms with Gasteiger partial charge >= 0.3 is 0 Å². The second-order valence-electron chi connectivity index (χ2n) is 4.20. The van der Waals surface area contributed by atoms with Crippen molar-refractivity contribution in [1.82, 2.24) is 4.98 Å². The highest BCUT2D eigenvalue weighted by atomic mass is 32.1. The van der Waals surface area contributed by atoms with Crippen molar-refractivity contribution in [3.05, 3.63) is 16.1 Å². The molecule has 0 amide bonds. The van der Waals surface area contributed by atoms with Crippen molar-refractivity contribution in [2.24, 2.45) is 5.73 Å². The first kappa shape index (κ1) is 10.1. The average molecular weight is 212 g/mol. The maximum Gasteiger partial charge on any atom is 0.0953 e. The molecule has 1 saturated heterocycles. The second kappa shape index (κ2) is 3.61. The summed E-state index contributed by atoms with van der Waals surface area (Å²) >= 11 is 1.73. The number of nitrogens with two attached hydrogens (primary N) is 1. The van der Waals surface area contributed by atoms with Gasteiger partial charge in [0.25, 0.3) is 0 Å². The summed E-state index contributed by atoms with van der Waals surface area (Å²) in [5.74, 6) is 0.504. The SMILES string of the molecule is CC(C)c1nc(C2(CN)COC2)cs1. The van der Waals surface area contributed by atoms with E-state index in [0.717, 1.165) is 18.9 Å². The molecule has 4 heteroatoms. The predicted octanol–water partition coefficient (Wildman–Crippen LogP) is 1.49. The summed E-state index contributed by atoms with van der Waals surface area (Å²) in [6.45, 7) is 6.41. The molecule has 78 valence electrons. The number of aromatic nitrogens is 1. The molecule has 0 aromatic carbocycles. The second-order valence-corrected chi connectivity index (χ2v) is 5.09. The summed E-state index contributed by atoms with van der Waals surface area (Å²) in [6, 6.07) is 0. The third-order valence-corrected chi connectivity index (χ3v) is 3.85. The number of rotatable bonds is 3. The van der Waals surface area contributed by atoms with Gasteiger partial charge in [-0.05, 0) is 0 Å². The molecule has 1 aromatic heterocycles. The minimum absolute atomic E-state index is 0.0175. The molecule has 2 rings (SSSR count). The molecule has 2 N–H and O–H groups in total. The molecule has 0 unspecified atom stereocenters. The van der Waals surface area contributed by atoms with Gasteiger partial charge in [0.05, 0.1) is 29.3 Å². The lowest BCUT2D eigenvalue weighted by molar-refractivity contribution is -0.0569. The fraction of sp³-hybridized carbons (Fsp3) is 0.700. The lowest BCUT2D eigenvalue weighted by Gasteiger charge is -2.39. The number of thiazole rings is 1. The number of hydrogen-bond donors (Lipinski definition) is 1. The number of nitrogens with zero attached hydrogens (tertiary/aromatic N) is 1. The summed E-state index contributed by atoms with van der Waals surface area (Å²) in [6.07, 6.45) is 0. The Bertz CT molecular complexity index is 312. The van der Waals surface area contributed by atoms with Gasteiger partial charge in [0.2, 0.25) is 0 Å². The molecule has 0 aliphatic carbocycles. The molecule has 1 aliphatic heterocycles. The maximum atomic E-state index is 5.77. The third kappa shape index (κ3) is 1.47. The first-order valence-corrected chi connectivity index (χ1v) is 5.80. The summed E-state index contributed by atoms with van der Waals surface area (Å²) < 4.78 is 5.24. The van der Waals surface area contributed by atoms with Crippen molar-refractivity contribution in [2.75, 3.05) is 19.8 Å². The zero-order valence-electron chi connectivity index (χ0n) is 8.62. The van der Waals surface area contributed by atoms with Gasteiger partial charge in [-0.2, -0.15) is 0 Å². The van der Waals surface area contributed by atoms with E-state index in [9.17, 15) is 0 Å². The zero-order chi connectivity index (χ0) is 10.2.